The zero-order valence-electron chi connectivity index (χ0n) is 13.1. The van der Waals surface area contributed by atoms with Gasteiger partial charge in [-0.05, 0) is 44.6 Å². The molecule has 21 heavy (non-hydrogen) atoms. The predicted molar refractivity (Wildman–Crippen MR) is 81.8 cm³/mol. The van der Waals surface area contributed by atoms with E-state index in [1.54, 1.807) is 0 Å². The van der Waals surface area contributed by atoms with E-state index in [0.717, 1.165) is 12.0 Å². The predicted octanol–water partition coefficient (Wildman–Crippen LogP) is 3.27. The standard InChI is InChI=1S/C18H22NO.Cr/c1-10-11(2)17(20)16-9-15(10)14-6-8-18(4,19)7-5-13(14)12(16)3;/h5-8,15-16H,9,19H2,1-4H3;/q-1;. The third-order valence-corrected chi connectivity index (χ3v) is 5.14. The maximum absolute atomic E-state index is 12.5. The number of carbonyl (C=O) groups excluding carboxylic acids is 1. The van der Waals surface area contributed by atoms with Crippen LogP contribution < -0.4 is 5.73 Å². The third-order valence-electron chi connectivity index (χ3n) is 5.14. The number of hydrogen-bond acceptors (Lipinski definition) is 2. The van der Waals surface area contributed by atoms with Crippen LogP contribution >= 0.6 is 0 Å². The van der Waals surface area contributed by atoms with Crippen molar-refractivity contribution in [3.63, 3.8) is 0 Å². The van der Waals surface area contributed by atoms with E-state index < -0.39 is 5.54 Å². The molecule has 0 heterocycles. The first kappa shape index (κ1) is 16.4. The normalized spacial score (nSPS) is 34.7. The van der Waals surface area contributed by atoms with Crippen molar-refractivity contribution in [1.82, 2.24) is 0 Å². The Balaban J connectivity index is 0.00000161. The van der Waals surface area contributed by atoms with E-state index in [0.29, 0.717) is 11.7 Å². The summed E-state index contributed by atoms with van der Waals surface area (Å²) in [6, 6.07) is 0. The van der Waals surface area contributed by atoms with Gasteiger partial charge in [-0.3, -0.25) is 4.79 Å². The van der Waals surface area contributed by atoms with Gasteiger partial charge in [0.15, 0.2) is 5.78 Å². The molecule has 3 atom stereocenters. The van der Waals surface area contributed by atoms with Gasteiger partial charge in [0, 0.05) is 22.9 Å². The van der Waals surface area contributed by atoms with Crippen LogP contribution in [0.3, 0.4) is 0 Å². The SMILES string of the molecule is CC1=C(C)C2CC(C1=O)[C-](C)C1=C2C=CC(C)(N)C=C1.[Cr]. The van der Waals surface area contributed by atoms with E-state index in [1.165, 1.54) is 22.6 Å². The molecule has 3 rings (SSSR count). The van der Waals surface area contributed by atoms with Crippen molar-refractivity contribution in [2.75, 3.05) is 0 Å². The van der Waals surface area contributed by atoms with Crippen LogP contribution in [0.2, 0.25) is 0 Å². The van der Waals surface area contributed by atoms with Gasteiger partial charge in [0.05, 0.1) is 0 Å². The quantitative estimate of drug-likeness (QED) is 0.696. The van der Waals surface area contributed by atoms with Crippen molar-refractivity contribution < 1.29 is 22.2 Å². The molecule has 2 nitrogen and oxygen atoms in total. The van der Waals surface area contributed by atoms with Gasteiger partial charge in [-0.2, -0.15) is 17.6 Å². The molecule has 2 bridgehead atoms. The summed E-state index contributed by atoms with van der Waals surface area (Å²) in [4.78, 5) is 12.5. The molecule has 112 valence electrons. The van der Waals surface area contributed by atoms with Crippen molar-refractivity contribution in [2.24, 2.45) is 17.6 Å². The van der Waals surface area contributed by atoms with E-state index in [2.05, 4.69) is 32.1 Å². The monoisotopic (exact) mass is 320 g/mol. The van der Waals surface area contributed by atoms with Gasteiger partial charge in [0.25, 0.3) is 0 Å². The van der Waals surface area contributed by atoms with Crippen molar-refractivity contribution in [1.29, 1.82) is 0 Å². The molecule has 0 aromatic carbocycles. The van der Waals surface area contributed by atoms with Gasteiger partial charge in [0.2, 0.25) is 0 Å². The fourth-order valence-corrected chi connectivity index (χ4v) is 3.59. The summed E-state index contributed by atoms with van der Waals surface area (Å²) in [5.74, 6) is 1.93. The molecule has 0 amide bonds. The molecule has 0 aromatic rings. The zero-order chi connectivity index (χ0) is 14.7. The molecule has 0 aromatic heterocycles. The Kier molecular flexibility index (Phi) is 4.15. The molecule has 0 saturated carbocycles. The van der Waals surface area contributed by atoms with E-state index in [1.807, 2.05) is 19.9 Å². The second kappa shape index (κ2) is 5.32. The smallest absolute Gasteiger partial charge is 0.154 e. The minimum Gasteiger partial charge on any atom is -0.320 e. The minimum atomic E-state index is -0.414. The van der Waals surface area contributed by atoms with Crippen LogP contribution in [0.4, 0.5) is 0 Å². The fourth-order valence-electron chi connectivity index (χ4n) is 3.59. The summed E-state index contributed by atoms with van der Waals surface area (Å²) in [5, 5.41) is 0. The Morgan fingerprint density at radius 3 is 2.57 bits per heavy atom. The van der Waals surface area contributed by atoms with Crippen molar-refractivity contribution in [3.8, 4) is 0 Å². The topological polar surface area (TPSA) is 43.1 Å². The van der Waals surface area contributed by atoms with Crippen LogP contribution in [0.5, 0.6) is 0 Å². The number of allylic oxidation sites excluding steroid dienone is 6. The average Bonchev–Trinajstić information content (AvgIpc) is 2.55. The van der Waals surface area contributed by atoms with Crippen LogP contribution in [0.1, 0.15) is 34.1 Å². The van der Waals surface area contributed by atoms with Gasteiger partial charge in [0.1, 0.15) is 0 Å². The van der Waals surface area contributed by atoms with E-state index in [9.17, 15) is 4.79 Å². The average molecular weight is 320 g/mol. The molecule has 2 N–H and O–H groups in total. The molecule has 3 heteroatoms. The van der Waals surface area contributed by atoms with Crippen molar-refractivity contribution in [2.45, 2.75) is 39.7 Å². The molecule has 3 aliphatic carbocycles. The Morgan fingerprint density at radius 2 is 1.90 bits per heavy atom. The Bertz CT molecular complexity index is 607. The second-order valence-corrected chi connectivity index (χ2v) is 6.60. The molecular formula is C18H22CrNO-. The van der Waals surface area contributed by atoms with E-state index >= 15 is 0 Å². The molecule has 0 aliphatic heterocycles. The van der Waals surface area contributed by atoms with Crippen molar-refractivity contribution >= 4 is 5.78 Å². The van der Waals surface area contributed by atoms with Crippen LogP contribution in [-0.4, -0.2) is 11.3 Å². The van der Waals surface area contributed by atoms with Gasteiger partial charge in [-0.15, -0.1) is 17.7 Å². The third kappa shape index (κ3) is 2.48. The number of rotatable bonds is 0. The van der Waals surface area contributed by atoms with Crippen LogP contribution in [0.15, 0.2) is 46.6 Å². The number of nitrogens with two attached hydrogens (primary N) is 1. The Morgan fingerprint density at radius 1 is 1.29 bits per heavy atom. The Hall–Kier alpha value is -1.01. The molecule has 3 aliphatic rings. The summed E-state index contributed by atoms with van der Waals surface area (Å²) in [6.45, 7) is 8.17. The van der Waals surface area contributed by atoms with Gasteiger partial charge in [-0.25, -0.2) is 0 Å². The first-order valence-corrected chi connectivity index (χ1v) is 7.29. The largest absolute Gasteiger partial charge is 0.320 e. The van der Waals surface area contributed by atoms with Crippen LogP contribution in [0, 0.1) is 17.8 Å². The summed E-state index contributed by atoms with van der Waals surface area (Å²) < 4.78 is 0. The summed E-state index contributed by atoms with van der Waals surface area (Å²) in [7, 11) is 0. The maximum atomic E-state index is 12.5. The molecular weight excluding hydrogens is 298 g/mol. The zero-order valence-corrected chi connectivity index (χ0v) is 14.3. The van der Waals surface area contributed by atoms with Crippen molar-refractivity contribution in [3.05, 3.63) is 52.5 Å². The van der Waals surface area contributed by atoms with Gasteiger partial charge >= 0.3 is 0 Å². The Labute approximate surface area is 138 Å². The molecule has 0 radical (unpaired) electrons. The van der Waals surface area contributed by atoms with Crippen LogP contribution in [-0.2, 0) is 22.2 Å². The first-order chi connectivity index (χ1) is 9.32. The van der Waals surface area contributed by atoms with Crippen LogP contribution in [0.25, 0.3) is 0 Å². The summed E-state index contributed by atoms with van der Waals surface area (Å²) in [5.41, 5.74) is 10.5. The van der Waals surface area contributed by atoms with Gasteiger partial charge < -0.3 is 5.73 Å². The van der Waals surface area contributed by atoms with Gasteiger partial charge in [-0.1, -0.05) is 18.6 Å². The number of ketones is 1. The van der Waals surface area contributed by atoms with E-state index in [4.69, 9.17) is 5.73 Å². The number of Topliss-reactive ketones (excluding diaryl/α,β-unsaturated/α-hetero) is 1. The number of fused-ring (bicyclic) bond motifs is 3. The molecule has 0 spiro atoms. The molecule has 0 fully saturated rings. The minimum absolute atomic E-state index is 0. The van der Waals surface area contributed by atoms with E-state index in [-0.39, 0.29) is 23.3 Å². The molecule has 0 saturated heterocycles. The fraction of sp³-hybridized carbons (Fsp3) is 0.444. The summed E-state index contributed by atoms with van der Waals surface area (Å²) >= 11 is 0. The molecule has 3 unspecified atom stereocenters. The number of carbonyl (C=O) groups is 1. The first-order valence-electron chi connectivity index (χ1n) is 7.29. The maximum Gasteiger partial charge on any atom is 0.154 e. The summed E-state index contributed by atoms with van der Waals surface area (Å²) in [6.07, 6.45) is 9.31. The second-order valence-electron chi connectivity index (χ2n) is 6.60. The number of hydrogen-bond donors (Lipinski definition) is 1.